The second kappa shape index (κ2) is 8.43. The maximum Gasteiger partial charge on any atom is 0.275 e. The summed E-state index contributed by atoms with van der Waals surface area (Å²) < 4.78 is 0. The summed E-state index contributed by atoms with van der Waals surface area (Å²) in [5, 5.41) is 25.9. The highest BCUT2D eigenvalue weighted by molar-refractivity contribution is 6.01. The van der Waals surface area contributed by atoms with E-state index in [0.29, 0.717) is 5.56 Å². The third-order valence-corrected chi connectivity index (χ3v) is 4.62. The molecule has 0 spiro atoms. The first-order valence-corrected chi connectivity index (χ1v) is 9.16. The Morgan fingerprint density at radius 3 is 2.32 bits per heavy atom. The Kier molecular flexibility index (Phi) is 5.79. The van der Waals surface area contributed by atoms with Gasteiger partial charge in [0.25, 0.3) is 5.91 Å². The summed E-state index contributed by atoms with van der Waals surface area (Å²) >= 11 is 0. The van der Waals surface area contributed by atoms with E-state index in [-0.39, 0.29) is 17.1 Å². The van der Waals surface area contributed by atoms with E-state index in [1.807, 2.05) is 44.2 Å². The van der Waals surface area contributed by atoms with Crippen LogP contribution >= 0.6 is 0 Å². The van der Waals surface area contributed by atoms with E-state index in [0.717, 1.165) is 29.5 Å². The van der Waals surface area contributed by atoms with E-state index in [4.69, 9.17) is 0 Å². The molecule has 0 aliphatic rings. The van der Waals surface area contributed by atoms with Crippen LogP contribution in [0.2, 0.25) is 0 Å². The van der Waals surface area contributed by atoms with Gasteiger partial charge >= 0.3 is 0 Å². The van der Waals surface area contributed by atoms with E-state index in [2.05, 4.69) is 15.4 Å². The number of hydrogen-bond acceptors (Lipinski definition) is 5. The van der Waals surface area contributed by atoms with E-state index >= 15 is 0 Å². The molecule has 3 N–H and O–H groups in total. The van der Waals surface area contributed by atoms with E-state index in [9.17, 15) is 15.0 Å². The molecule has 0 aliphatic heterocycles. The SMILES string of the molecule is CCN(CC)c1ccc(/C=N/NC(=O)c2cc3ccccc3cc2O)c(O)c1. The quantitative estimate of drug-likeness (QED) is 0.450. The molecule has 0 saturated heterocycles. The van der Waals surface area contributed by atoms with E-state index in [1.165, 1.54) is 6.21 Å². The molecule has 28 heavy (non-hydrogen) atoms. The molecule has 6 heteroatoms. The fraction of sp³-hybridized carbons (Fsp3) is 0.182. The molecule has 0 fully saturated rings. The minimum absolute atomic E-state index is 0.0796. The first-order valence-electron chi connectivity index (χ1n) is 9.16. The van der Waals surface area contributed by atoms with Gasteiger partial charge in [-0.05, 0) is 48.9 Å². The van der Waals surface area contributed by atoms with Crippen molar-refractivity contribution in [2.24, 2.45) is 5.10 Å². The molecule has 6 nitrogen and oxygen atoms in total. The average Bonchev–Trinajstić information content (AvgIpc) is 2.69. The Morgan fingerprint density at radius 1 is 1.00 bits per heavy atom. The fourth-order valence-corrected chi connectivity index (χ4v) is 3.06. The summed E-state index contributed by atoms with van der Waals surface area (Å²) in [6.45, 7) is 5.78. The maximum atomic E-state index is 12.4. The summed E-state index contributed by atoms with van der Waals surface area (Å²) in [6.07, 6.45) is 1.37. The summed E-state index contributed by atoms with van der Waals surface area (Å²) in [4.78, 5) is 14.5. The molecule has 3 aromatic rings. The monoisotopic (exact) mass is 377 g/mol. The summed E-state index contributed by atoms with van der Waals surface area (Å²) in [7, 11) is 0. The Morgan fingerprint density at radius 2 is 1.68 bits per heavy atom. The van der Waals surface area contributed by atoms with Gasteiger partial charge in [0.1, 0.15) is 11.5 Å². The standard InChI is InChI=1S/C22H23N3O3/c1-3-25(4-2)18-10-9-17(20(26)13-18)14-23-24-22(28)19-11-15-7-5-6-8-16(15)12-21(19)27/h5-14,26-27H,3-4H2,1-2H3,(H,24,28)/b23-14+. The molecule has 0 saturated carbocycles. The van der Waals surface area contributed by atoms with Gasteiger partial charge in [0.05, 0.1) is 11.8 Å². The summed E-state index contributed by atoms with van der Waals surface area (Å²) in [6, 6.07) is 15.9. The normalized spacial score (nSPS) is 11.1. The molecule has 0 aromatic heterocycles. The highest BCUT2D eigenvalue weighted by Gasteiger charge is 2.12. The van der Waals surface area contributed by atoms with Gasteiger partial charge in [-0.25, -0.2) is 5.43 Å². The van der Waals surface area contributed by atoms with Gasteiger partial charge in [0, 0.05) is 30.4 Å². The molecule has 3 aromatic carbocycles. The molecule has 1 amide bonds. The number of hydrogen-bond donors (Lipinski definition) is 3. The molecule has 0 heterocycles. The zero-order valence-corrected chi connectivity index (χ0v) is 15.9. The van der Waals surface area contributed by atoms with Gasteiger partial charge in [-0.2, -0.15) is 5.10 Å². The van der Waals surface area contributed by atoms with Crippen LogP contribution in [0.25, 0.3) is 10.8 Å². The molecular weight excluding hydrogens is 354 g/mol. The van der Waals surface area contributed by atoms with Gasteiger partial charge in [-0.1, -0.05) is 24.3 Å². The third-order valence-electron chi connectivity index (χ3n) is 4.62. The average molecular weight is 377 g/mol. The number of rotatable bonds is 6. The number of carbonyl (C=O) groups is 1. The van der Waals surface area contributed by atoms with Crippen LogP contribution in [0.4, 0.5) is 5.69 Å². The van der Waals surface area contributed by atoms with Gasteiger partial charge in [0.2, 0.25) is 0 Å². The van der Waals surface area contributed by atoms with Crippen molar-refractivity contribution in [3.05, 3.63) is 65.7 Å². The number of carbonyl (C=O) groups excluding carboxylic acids is 1. The van der Waals surface area contributed by atoms with Crippen molar-refractivity contribution < 1.29 is 15.0 Å². The Hall–Kier alpha value is -3.54. The molecule has 3 rings (SSSR count). The van der Waals surface area contributed by atoms with E-state index in [1.54, 1.807) is 24.3 Å². The van der Waals surface area contributed by atoms with Crippen molar-refractivity contribution in [2.45, 2.75) is 13.8 Å². The zero-order valence-electron chi connectivity index (χ0n) is 15.9. The van der Waals surface area contributed by atoms with Crippen LogP contribution in [0.3, 0.4) is 0 Å². The van der Waals surface area contributed by atoms with Crippen LogP contribution < -0.4 is 10.3 Å². The molecule has 0 unspecified atom stereocenters. The Balaban J connectivity index is 1.74. The zero-order chi connectivity index (χ0) is 20.1. The first-order chi connectivity index (χ1) is 13.5. The lowest BCUT2D eigenvalue weighted by Crippen LogP contribution is -2.21. The van der Waals surface area contributed by atoms with Crippen molar-refractivity contribution in [1.82, 2.24) is 5.43 Å². The van der Waals surface area contributed by atoms with Crippen LogP contribution in [-0.2, 0) is 0 Å². The minimum Gasteiger partial charge on any atom is -0.507 e. The number of anilines is 1. The molecule has 144 valence electrons. The first kappa shape index (κ1) is 19.2. The number of phenolic OH excluding ortho intramolecular Hbond substituents is 2. The number of fused-ring (bicyclic) bond motifs is 1. The Bertz CT molecular complexity index is 1030. The maximum absolute atomic E-state index is 12.4. The molecule has 0 radical (unpaired) electrons. The van der Waals surface area contributed by atoms with Crippen molar-refractivity contribution in [3.63, 3.8) is 0 Å². The van der Waals surface area contributed by atoms with Crippen molar-refractivity contribution in [1.29, 1.82) is 0 Å². The number of amides is 1. The lowest BCUT2D eigenvalue weighted by atomic mass is 10.1. The number of benzene rings is 3. The predicted octanol–water partition coefficient (Wildman–Crippen LogP) is 3.86. The predicted molar refractivity (Wildman–Crippen MR) is 112 cm³/mol. The van der Waals surface area contributed by atoms with Crippen LogP contribution in [0.15, 0.2) is 59.7 Å². The second-order valence-corrected chi connectivity index (χ2v) is 6.33. The summed E-state index contributed by atoms with van der Waals surface area (Å²) in [5.41, 5.74) is 3.93. The minimum atomic E-state index is -0.529. The van der Waals surface area contributed by atoms with Gasteiger partial charge in [0.15, 0.2) is 0 Å². The van der Waals surface area contributed by atoms with Crippen LogP contribution in [0.1, 0.15) is 29.8 Å². The molecule has 0 aliphatic carbocycles. The largest absolute Gasteiger partial charge is 0.507 e. The van der Waals surface area contributed by atoms with Gasteiger partial charge in [-0.15, -0.1) is 0 Å². The van der Waals surface area contributed by atoms with Crippen LogP contribution in [0, 0.1) is 0 Å². The van der Waals surface area contributed by atoms with Crippen molar-refractivity contribution >= 4 is 28.6 Å². The topological polar surface area (TPSA) is 85.2 Å². The Labute approximate surface area is 163 Å². The highest BCUT2D eigenvalue weighted by Crippen LogP contribution is 2.25. The number of nitrogens with one attached hydrogen (secondary N) is 1. The number of aromatic hydroxyl groups is 2. The van der Waals surface area contributed by atoms with Crippen LogP contribution in [0.5, 0.6) is 11.5 Å². The van der Waals surface area contributed by atoms with Gasteiger partial charge < -0.3 is 15.1 Å². The molecule has 0 bridgehead atoms. The van der Waals surface area contributed by atoms with Crippen molar-refractivity contribution in [2.75, 3.05) is 18.0 Å². The van der Waals surface area contributed by atoms with Crippen molar-refractivity contribution in [3.8, 4) is 11.5 Å². The lowest BCUT2D eigenvalue weighted by Gasteiger charge is -2.21. The molecular formula is C22H23N3O3. The smallest absolute Gasteiger partial charge is 0.275 e. The second-order valence-electron chi connectivity index (χ2n) is 6.33. The summed E-state index contributed by atoms with van der Waals surface area (Å²) in [5.74, 6) is -0.562. The fourth-order valence-electron chi connectivity index (χ4n) is 3.06. The molecule has 0 atom stereocenters. The third kappa shape index (κ3) is 4.06. The number of nitrogens with zero attached hydrogens (tertiary/aromatic N) is 2. The lowest BCUT2D eigenvalue weighted by molar-refractivity contribution is 0.0952. The number of hydrazone groups is 1. The number of phenols is 2. The highest BCUT2D eigenvalue weighted by atomic mass is 16.3. The van der Waals surface area contributed by atoms with E-state index < -0.39 is 5.91 Å². The van der Waals surface area contributed by atoms with Crippen LogP contribution in [-0.4, -0.2) is 35.4 Å². The van der Waals surface area contributed by atoms with Gasteiger partial charge in [-0.3, -0.25) is 4.79 Å².